The van der Waals surface area contributed by atoms with Gasteiger partial charge in [-0.05, 0) is 52.1 Å². The first kappa shape index (κ1) is 21.7. The Morgan fingerprint density at radius 2 is 1.60 bits per heavy atom. The number of hydrazone groups is 1. The number of halogens is 1. The van der Waals surface area contributed by atoms with E-state index < -0.39 is 0 Å². The Morgan fingerprint density at radius 3 is 2.49 bits per heavy atom. The van der Waals surface area contributed by atoms with Crippen molar-refractivity contribution in [1.82, 2.24) is 9.97 Å². The molecule has 1 aliphatic rings. The fourth-order valence-corrected chi connectivity index (χ4v) is 5.37. The van der Waals surface area contributed by atoms with Crippen molar-refractivity contribution < 1.29 is 0 Å². The molecule has 35 heavy (non-hydrogen) atoms. The molecule has 0 saturated heterocycles. The van der Waals surface area contributed by atoms with Gasteiger partial charge in [0.1, 0.15) is 0 Å². The average molecular weight is 519 g/mol. The van der Waals surface area contributed by atoms with Crippen LogP contribution >= 0.6 is 15.9 Å². The first-order chi connectivity index (χ1) is 17.0. The lowest BCUT2D eigenvalue weighted by molar-refractivity contribution is 0.660. The van der Waals surface area contributed by atoms with Crippen molar-refractivity contribution in [1.29, 1.82) is 0 Å². The first-order valence-electron chi connectivity index (χ1n) is 11.6. The van der Waals surface area contributed by atoms with E-state index in [-0.39, 0.29) is 5.41 Å². The minimum atomic E-state index is -0.0693. The summed E-state index contributed by atoms with van der Waals surface area (Å²) in [6.45, 7) is 4.59. The zero-order chi connectivity index (χ0) is 24.0. The van der Waals surface area contributed by atoms with Gasteiger partial charge in [0, 0.05) is 20.8 Å². The molecule has 4 aromatic carbocycles. The van der Waals surface area contributed by atoms with Gasteiger partial charge in [-0.25, -0.2) is 15.4 Å². The summed E-state index contributed by atoms with van der Waals surface area (Å²) in [5.41, 5.74) is 12.1. The molecule has 1 aromatic heterocycles. The van der Waals surface area contributed by atoms with Crippen LogP contribution in [-0.4, -0.2) is 16.2 Å². The second-order valence-electron chi connectivity index (χ2n) is 9.27. The fraction of sp³-hybridized carbons (Fsp3) is 0.100. The van der Waals surface area contributed by atoms with Crippen LogP contribution in [0.1, 0.15) is 30.5 Å². The quantitative estimate of drug-likeness (QED) is 0.195. The van der Waals surface area contributed by atoms with Gasteiger partial charge in [0.2, 0.25) is 5.95 Å². The summed E-state index contributed by atoms with van der Waals surface area (Å²) >= 11 is 3.49. The zero-order valence-electron chi connectivity index (χ0n) is 19.5. The summed E-state index contributed by atoms with van der Waals surface area (Å²) in [6, 6.07) is 31.4. The fourth-order valence-electron chi connectivity index (χ4n) is 4.95. The second-order valence-corrected chi connectivity index (χ2v) is 10.2. The predicted octanol–water partition coefficient (Wildman–Crippen LogP) is 7.81. The summed E-state index contributed by atoms with van der Waals surface area (Å²) in [5, 5.41) is 5.40. The number of nitrogens with one attached hydrogen (secondary N) is 1. The Morgan fingerprint density at radius 1 is 0.800 bits per heavy atom. The number of nitrogens with zero attached hydrogens (tertiary/aromatic N) is 3. The maximum atomic E-state index is 4.90. The molecular weight excluding hydrogens is 496 g/mol. The van der Waals surface area contributed by atoms with Crippen molar-refractivity contribution in [3.8, 4) is 22.4 Å². The molecule has 5 heteroatoms. The Bertz CT molecular complexity index is 1620. The van der Waals surface area contributed by atoms with E-state index in [9.17, 15) is 0 Å². The molecule has 1 aliphatic carbocycles. The number of aromatic nitrogens is 2. The first-order valence-corrected chi connectivity index (χ1v) is 12.4. The molecule has 6 rings (SSSR count). The highest BCUT2D eigenvalue weighted by Gasteiger charge is 2.35. The van der Waals surface area contributed by atoms with Gasteiger partial charge in [-0.15, -0.1) is 0 Å². The van der Waals surface area contributed by atoms with E-state index in [0.29, 0.717) is 5.95 Å². The Balaban J connectivity index is 1.42. The van der Waals surface area contributed by atoms with Gasteiger partial charge in [-0.2, -0.15) is 5.10 Å². The van der Waals surface area contributed by atoms with E-state index >= 15 is 0 Å². The lowest BCUT2D eigenvalue weighted by atomic mass is 9.82. The number of para-hydroxylation sites is 1. The molecule has 170 valence electrons. The van der Waals surface area contributed by atoms with E-state index in [1.54, 1.807) is 6.21 Å². The number of benzene rings is 4. The van der Waals surface area contributed by atoms with Crippen LogP contribution in [0.5, 0.6) is 0 Å². The number of anilines is 1. The molecule has 0 spiro atoms. The molecule has 5 aromatic rings. The molecule has 0 radical (unpaired) electrons. The highest BCUT2D eigenvalue weighted by atomic mass is 79.9. The molecule has 0 amide bonds. The minimum absolute atomic E-state index is 0.0693. The van der Waals surface area contributed by atoms with Crippen molar-refractivity contribution in [2.75, 3.05) is 5.43 Å². The summed E-state index contributed by atoms with van der Waals surface area (Å²) < 4.78 is 1.01. The van der Waals surface area contributed by atoms with E-state index in [2.05, 4.69) is 88.8 Å². The molecule has 4 nitrogen and oxygen atoms in total. The number of hydrogen-bond acceptors (Lipinski definition) is 4. The molecule has 0 saturated carbocycles. The van der Waals surface area contributed by atoms with Crippen molar-refractivity contribution in [2.24, 2.45) is 5.10 Å². The lowest BCUT2D eigenvalue weighted by Gasteiger charge is -2.22. The third-order valence-electron chi connectivity index (χ3n) is 6.69. The smallest absolute Gasteiger partial charge is 0.244 e. The Labute approximate surface area is 212 Å². The van der Waals surface area contributed by atoms with E-state index in [1.807, 2.05) is 42.5 Å². The van der Waals surface area contributed by atoms with Gasteiger partial charge in [0.05, 0.1) is 17.4 Å². The minimum Gasteiger partial charge on any atom is -0.245 e. The maximum Gasteiger partial charge on any atom is 0.244 e. The summed E-state index contributed by atoms with van der Waals surface area (Å²) in [4.78, 5) is 9.60. The van der Waals surface area contributed by atoms with E-state index in [4.69, 9.17) is 9.97 Å². The van der Waals surface area contributed by atoms with Crippen LogP contribution in [0, 0.1) is 0 Å². The summed E-state index contributed by atoms with van der Waals surface area (Å²) in [5.74, 6) is 0.466. The number of hydrogen-bond donors (Lipinski definition) is 1. The zero-order valence-corrected chi connectivity index (χ0v) is 21.0. The van der Waals surface area contributed by atoms with Gasteiger partial charge >= 0.3 is 0 Å². The third kappa shape index (κ3) is 3.82. The molecule has 1 N–H and O–H groups in total. The highest BCUT2D eigenvalue weighted by molar-refractivity contribution is 9.10. The van der Waals surface area contributed by atoms with Crippen LogP contribution in [0.2, 0.25) is 0 Å². The SMILES string of the molecule is CC1(C)c2ccccc2-c2ccc(-c3nc(N/N=C/c4cccc(Br)c4)nc4ccccc34)cc21. The maximum absolute atomic E-state index is 4.90. The topological polar surface area (TPSA) is 50.2 Å². The van der Waals surface area contributed by atoms with Crippen LogP contribution in [0.15, 0.2) is 101 Å². The Kier molecular flexibility index (Phi) is 5.23. The van der Waals surface area contributed by atoms with Gasteiger partial charge in [0.15, 0.2) is 0 Å². The van der Waals surface area contributed by atoms with Gasteiger partial charge < -0.3 is 0 Å². The summed E-state index contributed by atoms with van der Waals surface area (Å²) in [7, 11) is 0. The van der Waals surface area contributed by atoms with Crippen molar-refractivity contribution in [3.63, 3.8) is 0 Å². The van der Waals surface area contributed by atoms with Crippen LogP contribution < -0.4 is 5.43 Å². The average Bonchev–Trinajstić information content (AvgIpc) is 3.10. The highest BCUT2D eigenvalue weighted by Crippen LogP contribution is 2.49. The van der Waals surface area contributed by atoms with Crippen LogP contribution in [0.25, 0.3) is 33.3 Å². The third-order valence-corrected chi connectivity index (χ3v) is 7.18. The predicted molar refractivity (Wildman–Crippen MR) is 148 cm³/mol. The van der Waals surface area contributed by atoms with Crippen LogP contribution in [-0.2, 0) is 5.41 Å². The largest absolute Gasteiger partial charge is 0.245 e. The molecule has 0 aliphatic heterocycles. The van der Waals surface area contributed by atoms with Gasteiger partial charge in [0.25, 0.3) is 0 Å². The molecule has 0 bridgehead atoms. The van der Waals surface area contributed by atoms with E-state index in [0.717, 1.165) is 32.2 Å². The molecular formula is C30H23BrN4. The summed E-state index contributed by atoms with van der Waals surface area (Å²) in [6.07, 6.45) is 1.76. The van der Waals surface area contributed by atoms with Gasteiger partial charge in [-0.1, -0.05) is 96.5 Å². The van der Waals surface area contributed by atoms with Crippen LogP contribution in [0.4, 0.5) is 5.95 Å². The molecule has 0 atom stereocenters. The second kappa shape index (κ2) is 8.43. The number of fused-ring (bicyclic) bond motifs is 4. The molecule has 0 unspecified atom stereocenters. The molecule has 1 heterocycles. The number of rotatable bonds is 4. The van der Waals surface area contributed by atoms with Crippen molar-refractivity contribution in [2.45, 2.75) is 19.3 Å². The van der Waals surface area contributed by atoms with Crippen molar-refractivity contribution in [3.05, 3.63) is 112 Å². The van der Waals surface area contributed by atoms with Crippen LogP contribution in [0.3, 0.4) is 0 Å². The molecule has 0 fully saturated rings. The van der Waals surface area contributed by atoms with E-state index in [1.165, 1.54) is 22.3 Å². The normalized spacial score (nSPS) is 13.7. The standard InChI is InChI=1S/C30H23BrN4/c1-30(2)25-12-5-3-10-22(25)23-15-14-20(17-26(23)30)28-24-11-4-6-13-27(24)33-29(34-28)35-32-18-19-8-7-9-21(31)16-19/h3-18H,1-2H3,(H,33,34,35)/b32-18+. The van der Waals surface area contributed by atoms with Gasteiger partial charge in [-0.3, -0.25) is 0 Å². The van der Waals surface area contributed by atoms with Crippen molar-refractivity contribution >= 4 is 39.0 Å². The lowest BCUT2D eigenvalue weighted by Crippen LogP contribution is -2.15. The Hall–Kier alpha value is -3.83. The monoisotopic (exact) mass is 518 g/mol.